The van der Waals surface area contributed by atoms with Crippen molar-refractivity contribution in [1.29, 1.82) is 5.26 Å². The van der Waals surface area contributed by atoms with Gasteiger partial charge in [0.1, 0.15) is 17.4 Å². The van der Waals surface area contributed by atoms with Crippen molar-refractivity contribution in [3.63, 3.8) is 0 Å². The minimum atomic E-state index is -0.816. The van der Waals surface area contributed by atoms with Crippen LogP contribution in [-0.4, -0.2) is 34.6 Å². The molecule has 0 spiro atoms. The van der Waals surface area contributed by atoms with Gasteiger partial charge in [0, 0.05) is 40.6 Å². The van der Waals surface area contributed by atoms with E-state index in [-0.39, 0.29) is 11.4 Å². The Labute approximate surface area is 212 Å². The number of nitrogens with zero attached hydrogens (tertiary/aromatic N) is 3. The van der Waals surface area contributed by atoms with Crippen LogP contribution in [0.15, 0.2) is 42.0 Å². The van der Waals surface area contributed by atoms with E-state index < -0.39 is 12.6 Å². The van der Waals surface area contributed by atoms with Crippen LogP contribution in [0.1, 0.15) is 52.5 Å². The van der Waals surface area contributed by atoms with Crippen molar-refractivity contribution in [2.75, 3.05) is 13.7 Å². The molecule has 0 atom stereocenters. The highest BCUT2D eigenvalue weighted by Gasteiger charge is 2.20. The minimum Gasteiger partial charge on any atom is -0.497 e. The summed E-state index contributed by atoms with van der Waals surface area (Å²) in [6.45, 7) is 12.4. The average Bonchev–Trinajstić information content (AvgIpc) is 3.29. The number of aromatic nitrogens is 2. The van der Waals surface area contributed by atoms with Gasteiger partial charge in [-0.15, -0.1) is 0 Å². The molecule has 0 bridgehead atoms. The molecule has 0 unspecified atom stereocenters. The number of aryl methyl sites for hydroxylation is 2. The highest BCUT2D eigenvalue weighted by atomic mass is 16.5. The number of ketones is 1. The first-order valence-electron chi connectivity index (χ1n) is 11.9. The minimum absolute atomic E-state index is 0.142. The summed E-state index contributed by atoms with van der Waals surface area (Å²) in [6.07, 6.45) is 1.53. The van der Waals surface area contributed by atoms with Crippen LogP contribution in [0, 0.1) is 44.9 Å². The molecule has 0 aliphatic heterocycles. The van der Waals surface area contributed by atoms with Crippen molar-refractivity contribution < 1.29 is 19.1 Å². The summed E-state index contributed by atoms with van der Waals surface area (Å²) in [5, 5.41) is 9.58. The molecular weight excluding hydrogens is 454 g/mol. The smallest absolute Gasteiger partial charge is 0.349 e. The summed E-state index contributed by atoms with van der Waals surface area (Å²) >= 11 is 0. The number of methoxy groups -OCH3 is 1. The van der Waals surface area contributed by atoms with Crippen LogP contribution in [0.2, 0.25) is 0 Å². The zero-order chi connectivity index (χ0) is 26.6. The molecule has 0 amide bonds. The molecule has 3 aromatic rings. The topological polar surface area (TPSA) is 86.2 Å². The molecule has 0 saturated heterocycles. The molecule has 0 aliphatic rings. The van der Waals surface area contributed by atoms with E-state index in [1.54, 1.807) is 13.2 Å². The lowest BCUT2D eigenvalue weighted by Crippen LogP contribution is -2.16. The molecule has 0 N–H and O–H groups in total. The van der Waals surface area contributed by atoms with E-state index in [1.807, 2.05) is 68.7 Å². The summed E-state index contributed by atoms with van der Waals surface area (Å²) in [4.78, 5) is 25.6. The summed E-state index contributed by atoms with van der Waals surface area (Å²) in [5.41, 5.74) is 5.66. The summed E-state index contributed by atoms with van der Waals surface area (Å²) in [7, 11) is 1.61. The normalized spacial score (nSPS) is 11.5. The second-order valence-corrected chi connectivity index (χ2v) is 9.32. The fourth-order valence-electron chi connectivity index (χ4n) is 4.37. The van der Waals surface area contributed by atoms with Crippen LogP contribution in [0.4, 0.5) is 0 Å². The Morgan fingerprint density at radius 1 is 1.03 bits per heavy atom. The van der Waals surface area contributed by atoms with Gasteiger partial charge in [-0.25, -0.2) is 4.79 Å². The highest BCUT2D eigenvalue weighted by molar-refractivity contribution is 6.02. The maximum absolute atomic E-state index is 12.9. The number of carbonyl (C=O) groups is 2. The zero-order valence-corrected chi connectivity index (χ0v) is 22.0. The van der Waals surface area contributed by atoms with Crippen molar-refractivity contribution in [2.24, 2.45) is 5.92 Å². The number of esters is 1. The Balaban J connectivity index is 1.75. The average molecular weight is 488 g/mol. The SMILES string of the molecule is COc1ccc(-n2c(C)cc(C(=O)COC(=O)C(C#N)=Cc3cc(C)n(CC(C)C)c3C)c2C)cc1. The standard InChI is InChI=1S/C29H33N3O4/c1-18(2)16-31-19(3)12-23(21(31)5)14-24(15-30)29(34)36-17-28(33)27-13-20(4)32(22(27)6)25-8-10-26(35-7)11-9-25/h8-14,18H,16-17H2,1-7H3. The molecular formula is C29H33N3O4. The van der Waals surface area contributed by atoms with Gasteiger partial charge in [0.2, 0.25) is 5.78 Å². The number of benzene rings is 1. The van der Waals surface area contributed by atoms with E-state index in [0.29, 0.717) is 11.5 Å². The number of nitriles is 1. The van der Waals surface area contributed by atoms with Crippen LogP contribution in [-0.2, 0) is 16.1 Å². The predicted molar refractivity (Wildman–Crippen MR) is 139 cm³/mol. The van der Waals surface area contributed by atoms with Gasteiger partial charge in [-0.1, -0.05) is 13.8 Å². The third-order valence-electron chi connectivity index (χ3n) is 6.20. The second-order valence-electron chi connectivity index (χ2n) is 9.32. The molecule has 36 heavy (non-hydrogen) atoms. The maximum atomic E-state index is 12.9. The third kappa shape index (κ3) is 5.60. The van der Waals surface area contributed by atoms with Gasteiger partial charge in [0.05, 0.1) is 7.11 Å². The lowest BCUT2D eigenvalue weighted by Gasteiger charge is -2.12. The molecule has 0 aliphatic carbocycles. The summed E-state index contributed by atoms with van der Waals surface area (Å²) in [5.74, 6) is 0.0597. The Morgan fingerprint density at radius 3 is 2.28 bits per heavy atom. The lowest BCUT2D eigenvalue weighted by molar-refractivity contribution is -0.137. The molecule has 3 rings (SSSR count). The predicted octanol–water partition coefficient (Wildman–Crippen LogP) is 5.51. The number of ether oxygens (including phenoxy) is 2. The maximum Gasteiger partial charge on any atom is 0.349 e. The Morgan fingerprint density at radius 2 is 1.69 bits per heavy atom. The van der Waals surface area contributed by atoms with Crippen LogP contribution in [0.25, 0.3) is 11.8 Å². The fourth-order valence-corrected chi connectivity index (χ4v) is 4.37. The van der Waals surface area contributed by atoms with Crippen molar-refractivity contribution in [3.05, 3.63) is 75.9 Å². The van der Waals surface area contributed by atoms with Crippen LogP contribution in [0.5, 0.6) is 5.75 Å². The van der Waals surface area contributed by atoms with Gasteiger partial charge in [-0.3, -0.25) is 4.79 Å². The molecule has 0 radical (unpaired) electrons. The first-order valence-corrected chi connectivity index (χ1v) is 11.9. The van der Waals surface area contributed by atoms with E-state index >= 15 is 0 Å². The van der Waals surface area contributed by atoms with E-state index in [9.17, 15) is 14.9 Å². The van der Waals surface area contributed by atoms with Crippen LogP contribution < -0.4 is 4.74 Å². The van der Waals surface area contributed by atoms with Gasteiger partial charge < -0.3 is 18.6 Å². The highest BCUT2D eigenvalue weighted by Crippen LogP contribution is 2.24. The number of rotatable bonds is 9. The van der Waals surface area contributed by atoms with Gasteiger partial charge in [0.25, 0.3) is 0 Å². The van der Waals surface area contributed by atoms with Gasteiger partial charge in [-0.2, -0.15) is 5.26 Å². The van der Waals surface area contributed by atoms with Crippen molar-refractivity contribution in [3.8, 4) is 17.5 Å². The van der Waals surface area contributed by atoms with E-state index in [1.165, 1.54) is 6.08 Å². The molecule has 7 nitrogen and oxygen atoms in total. The molecule has 0 fully saturated rings. The van der Waals surface area contributed by atoms with Crippen LogP contribution >= 0.6 is 0 Å². The molecule has 2 aromatic heterocycles. The quantitative estimate of drug-likeness (QED) is 0.172. The van der Waals surface area contributed by atoms with Gasteiger partial charge >= 0.3 is 5.97 Å². The van der Waals surface area contributed by atoms with Crippen molar-refractivity contribution >= 4 is 17.8 Å². The number of Topliss-reactive ketones (excluding diaryl/α,β-unsaturated/α-hetero) is 1. The monoisotopic (exact) mass is 487 g/mol. The molecule has 2 heterocycles. The first kappa shape index (κ1) is 26.6. The second kappa shape index (κ2) is 11.1. The Bertz CT molecular complexity index is 1350. The molecule has 188 valence electrons. The summed E-state index contributed by atoms with van der Waals surface area (Å²) in [6, 6.07) is 13.2. The van der Waals surface area contributed by atoms with Gasteiger partial charge in [0.15, 0.2) is 6.61 Å². The zero-order valence-electron chi connectivity index (χ0n) is 22.0. The molecule has 1 aromatic carbocycles. The van der Waals surface area contributed by atoms with E-state index in [4.69, 9.17) is 9.47 Å². The largest absolute Gasteiger partial charge is 0.497 e. The fraction of sp³-hybridized carbons (Fsp3) is 0.345. The van der Waals surface area contributed by atoms with E-state index in [0.717, 1.165) is 46.3 Å². The van der Waals surface area contributed by atoms with Crippen LogP contribution in [0.3, 0.4) is 0 Å². The van der Waals surface area contributed by atoms with E-state index in [2.05, 4.69) is 18.4 Å². The lowest BCUT2D eigenvalue weighted by atomic mass is 10.1. The number of hydrogen-bond donors (Lipinski definition) is 0. The van der Waals surface area contributed by atoms with Crippen molar-refractivity contribution in [1.82, 2.24) is 9.13 Å². The first-order chi connectivity index (χ1) is 17.1. The number of carbonyl (C=O) groups excluding carboxylic acids is 2. The van der Waals surface area contributed by atoms with Crippen molar-refractivity contribution in [2.45, 2.75) is 48.1 Å². The summed E-state index contributed by atoms with van der Waals surface area (Å²) < 4.78 is 14.6. The Hall–Kier alpha value is -4.05. The third-order valence-corrected chi connectivity index (χ3v) is 6.20. The molecule has 7 heteroatoms. The number of hydrogen-bond acceptors (Lipinski definition) is 5. The molecule has 0 saturated carbocycles. The van der Waals surface area contributed by atoms with Gasteiger partial charge in [-0.05, 0) is 81.7 Å². The Kier molecular flexibility index (Phi) is 8.21.